The van der Waals surface area contributed by atoms with Gasteiger partial charge in [-0.05, 0) is 30.5 Å². The average molecular weight is 347 g/mol. The normalized spacial score (nSPS) is 15.0. The monoisotopic (exact) mass is 347 g/mol. The van der Waals surface area contributed by atoms with E-state index in [-0.39, 0.29) is 11.9 Å². The van der Waals surface area contributed by atoms with E-state index in [4.69, 9.17) is 0 Å². The van der Waals surface area contributed by atoms with E-state index < -0.39 is 0 Å². The highest BCUT2D eigenvalue weighted by atomic mass is 16.1. The number of nitrogens with zero attached hydrogens (tertiary/aromatic N) is 3. The summed E-state index contributed by atoms with van der Waals surface area (Å²) in [4.78, 5) is 18.5. The molecule has 0 unspecified atom stereocenters. The second kappa shape index (κ2) is 7.39. The van der Waals surface area contributed by atoms with E-state index in [0.717, 1.165) is 43.0 Å². The first-order valence-corrected chi connectivity index (χ1v) is 8.86. The lowest BCUT2D eigenvalue weighted by molar-refractivity contribution is 0.0931. The molecule has 1 saturated heterocycles. The molecule has 1 aliphatic rings. The van der Waals surface area contributed by atoms with E-state index in [9.17, 15) is 4.79 Å². The molecule has 4 rings (SSSR count). The van der Waals surface area contributed by atoms with Crippen LogP contribution in [-0.2, 0) is 0 Å². The molecule has 2 N–H and O–H groups in total. The molecule has 1 aromatic carbocycles. The first-order chi connectivity index (χ1) is 12.8. The Bertz CT molecular complexity index is 854. The second-order valence-corrected chi connectivity index (χ2v) is 6.48. The molecule has 6 heteroatoms. The molecule has 1 aliphatic heterocycles. The van der Waals surface area contributed by atoms with Crippen molar-refractivity contribution < 1.29 is 4.79 Å². The van der Waals surface area contributed by atoms with Crippen LogP contribution in [0.5, 0.6) is 0 Å². The maximum Gasteiger partial charge on any atom is 0.251 e. The van der Waals surface area contributed by atoms with Gasteiger partial charge in [0.05, 0.1) is 5.69 Å². The van der Waals surface area contributed by atoms with Crippen LogP contribution in [0.1, 0.15) is 23.2 Å². The molecular weight excluding hydrogens is 326 g/mol. The molecular formula is C20H21N5O. The van der Waals surface area contributed by atoms with Gasteiger partial charge in [0.25, 0.3) is 5.91 Å². The third kappa shape index (κ3) is 3.59. The van der Waals surface area contributed by atoms with Gasteiger partial charge in [0, 0.05) is 43.2 Å². The predicted octanol–water partition coefficient (Wildman–Crippen LogP) is 2.87. The minimum atomic E-state index is -0.0306. The summed E-state index contributed by atoms with van der Waals surface area (Å²) in [7, 11) is 0. The zero-order chi connectivity index (χ0) is 17.8. The molecule has 1 fully saturated rings. The Morgan fingerprint density at radius 3 is 2.54 bits per heavy atom. The minimum Gasteiger partial charge on any atom is -0.355 e. The number of piperidine rings is 1. The van der Waals surface area contributed by atoms with Crippen LogP contribution in [0.25, 0.3) is 11.3 Å². The van der Waals surface area contributed by atoms with E-state index in [0.29, 0.717) is 5.56 Å². The number of anilines is 1. The van der Waals surface area contributed by atoms with Gasteiger partial charge in [0.1, 0.15) is 0 Å². The quantitative estimate of drug-likeness (QED) is 0.761. The van der Waals surface area contributed by atoms with E-state index in [2.05, 4.69) is 43.6 Å². The van der Waals surface area contributed by atoms with Gasteiger partial charge in [-0.15, -0.1) is 0 Å². The number of amides is 1. The maximum atomic E-state index is 12.3. The third-order valence-electron chi connectivity index (χ3n) is 4.75. The largest absolute Gasteiger partial charge is 0.355 e. The number of hydrogen-bond donors (Lipinski definition) is 2. The topological polar surface area (TPSA) is 73.9 Å². The van der Waals surface area contributed by atoms with Crippen molar-refractivity contribution in [3.8, 4) is 11.3 Å². The summed E-state index contributed by atoms with van der Waals surface area (Å²) in [5.41, 5.74) is 2.81. The zero-order valence-corrected chi connectivity index (χ0v) is 14.4. The number of pyridine rings is 1. The van der Waals surface area contributed by atoms with Gasteiger partial charge >= 0.3 is 0 Å². The number of benzene rings is 1. The van der Waals surface area contributed by atoms with Crippen LogP contribution in [0, 0.1) is 0 Å². The molecule has 6 nitrogen and oxygen atoms in total. The van der Waals surface area contributed by atoms with Gasteiger partial charge in [-0.2, -0.15) is 5.10 Å². The van der Waals surface area contributed by atoms with Crippen molar-refractivity contribution in [3.63, 3.8) is 0 Å². The molecule has 0 aliphatic carbocycles. The second-order valence-electron chi connectivity index (χ2n) is 6.48. The van der Waals surface area contributed by atoms with Crippen LogP contribution in [-0.4, -0.2) is 40.2 Å². The highest BCUT2D eigenvalue weighted by Crippen LogP contribution is 2.24. The van der Waals surface area contributed by atoms with Crippen molar-refractivity contribution in [2.45, 2.75) is 18.9 Å². The first-order valence-electron chi connectivity index (χ1n) is 8.86. The van der Waals surface area contributed by atoms with Crippen LogP contribution < -0.4 is 10.2 Å². The van der Waals surface area contributed by atoms with E-state index >= 15 is 0 Å². The third-order valence-corrected chi connectivity index (χ3v) is 4.75. The van der Waals surface area contributed by atoms with Crippen LogP contribution in [0.2, 0.25) is 0 Å². The summed E-state index contributed by atoms with van der Waals surface area (Å²) >= 11 is 0. The summed E-state index contributed by atoms with van der Waals surface area (Å²) in [6.07, 6.45) is 5.09. The lowest BCUT2D eigenvalue weighted by atomic mass is 10.0. The van der Waals surface area contributed by atoms with Gasteiger partial charge < -0.3 is 10.2 Å². The zero-order valence-electron chi connectivity index (χ0n) is 14.4. The van der Waals surface area contributed by atoms with Crippen molar-refractivity contribution in [1.82, 2.24) is 20.5 Å². The maximum absolute atomic E-state index is 12.3. The Hall–Kier alpha value is -3.15. The van der Waals surface area contributed by atoms with Crippen molar-refractivity contribution in [1.29, 1.82) is 0 Å². The SMILES string of the molecule is O=C(NC1CCN(c2cc(-c3ccccc3)[nH]n2)CC1)c1ccncc1. The Morgan fingerprint density at radius 2 is 1.81 bits per heavy atom. The Labute approximate surface area is 152 Å². The lowest BCUT2D eigenvalue weighted by Gasteiger charge is -2.32. The van der Waals surface area contributed by atoms with Crippen LogP contribution >= 0.6 is 0 Å². The van der Waals surface area contributed by atoms with Crippen molar-refractivity contribution in [2.75, 3.05) is 18.0 Å². The number of H-pyrrole nitrogens is 1. The lowest BCUT2D eigenvalue weighted by Crippen LogP contribution is -2.44. The van der Waals surface area contributed by atoms with Crippen molar-refractivity contribution >= 4 is 11.7 Å². The molecule has 0 spiro atoms. The molecule has 132 valence electrons. The van der Waals surface area contributed by atoms with E-state index in [1.54, 1.807) is 24.5 Å². The molecule has 0 bridgehead atoms. The van der Waals surface area contributed by atoms with Crippen LogP contribution in [0.3, 0.4) is 0 Å². The Morgan fingerprint density at radius 1 is 1.08 bits per heavy atom. The van der Waals surface area contributed by atoms with Crippen LogP contribution in [0.4, 0.5) is 5.82 Å². The molecule has 1 amide bonds. The van der Waals surface area contributed by atoms with Crippen molar-refractivity contribution in [3.05, 3.63) is 66.5 Å². The fraction of sp³-hybridized carbons (Fsp3) is 0.250. The molecule has 0 radical (unpaired) electrons. The minimum absolute atomic E-state index is 0.0306. The summed E-state index contributed by atoms with van der Waals surface area (Å²) in [6, 6.07) is 15.9. The predicted molar refractivity (Wildman–Crippen MR) is 101 cm³/mol. The Kier molecular flexibility index (Phi) is 4.64. The number of nitrogens with one attached hydrogen (secondary N) is 2. The van der Waals surface area contributed by atoms with Gasteiger partial charge in [0.2, 0.25) is 0 Å². The number of aromatic nitrogens is 3. The van der Waals surface area contributed by atoms with Gasteiger partial charge in [-0.3, -0.25) is 14.9 Å². The molecule has 2 aromatic heterocycles. The average Bonchev–Trinajstić information content (AvgIpc) is 3.20. The molecule has 3 aromatic rings. The fourth-order valence-electron chi connectivity index (χ4n) is 3.26. The van der Waals surface area contributed by atoms with Gasteiger partial charge in [-0.25, -0.2) is 0 Å². The van der Waals surface area contributed by atoms with E-state index in [1.165, 1.54) is 0 Å². The molecule has 26 heavy (non-hydrogen) atoms. The molecule has 0 saturated carbocycles. The van der Waals surface area contributed by atoms with Gasteiger partial charge in [-0.1, -0.05) is 30.3 Å². The number of hydrogen-bond acceptors (Lipinski definition) is 4. The molecule has 0 atom stereocenters. The number of carbonyl (C=O) groups excluding carboxylic acids is 1. The highest BCUT2D eigenvalue weighted by Gasteiger charge is 2.22. The summed E-state index contributed by atoms with van der Waals surface area (Å²) < 4.78 is 0. The van der Waals surface area contributed by atoms with E-state index in [1.807, 2.05) is 18.2 Å². The van der Waals surface area contributed by atoms with Gasteiger partial charge in [0.15, 0.2) is 5.82 Å². The summed E-state index contributed by atoms with van der Waals surface area (Å²) in [5, 5.41) is 10.7. The number of carbonyl (C=O) groups is 1. The van der Waals surface area contributed by atoms with Crippen LogP contribution in [0.15, 0.2) is 60.9 Å². The summed E-state index contributed by atoms with van der Waals surface area (Å²) in [5.74, 6) is 0.930. The summed E-state index contributed by atoms with van der Waals surface area (Å²) in [6.45, 7) is 1.75. The smallest absolute Gasteiger partial charge is 0.251 e. The first kappa shape index (κ1) is 16.3. The molecule has 3 heterocycles. The highest BCUT2D eigenvalue weighted by molar-refractivity contribution is 5.94. The number of aromatic amines is 1. The standard InChI is InChI=1S/C20H21N5O/c26-20(16-6-10-21-11-7-16)22-17-8-12-25(13-9-17)19-14-18(23-24-19)15-4-2-1-3-5-15/h1-7,10-11,14,17H,8-9,12-13H2,(H,22,26)(H,23,24). The Balaban J connectivity index is 1.34. The van der Waals surface area contributed by atoms with Crippen molar-refractivity contribution in [2.24, 2.45) is 0 Å². The fourth-order valence-corrected chi connectivity index (χ4v) is 3.26. The number of rotatable bonds is 4.